The van der Waals surface area contributed by atoms with E-state index in [1.165, 1.54) is 6.21 Å². The van der Waals surface area contributed by atoms with Crippen LogP contribution in [0.1, 0.15) is 11.4 Å². The lowest BCUT2D eigenvalue weighted by atomic mass is 10.2. The third-order valence-electron chi connectivity index (χ3n) is 2.59. The van der Waals surface area contributed by atoms with Crippen molar-refractivity contribution >= 4 is 12.1 Å². The molecule has 2 rings (SSSR count). The molecule has 0 aliphatic rings. The van der Waals surface area contributed by atoms with Crippen LogP contribution in [0.4, 0.5) is 0 Å². The number of H-pyrrole nitrogens is 1. The van der Waals surface area contributed by atoms with Gasteiger partial charge in [-0.1, -0.05) is 0 Å². The normalized spacial score (nSPS) is 10.2. The number of rotatable bonds is 4. The fourth-order valence-electron chi connectivity index (χ4n) is 1.54. The van der Waals surface area contributed by atoms with Crippen molar-refractivity contribution in [2.45, 2.75) is 13.5 Å². The van der Waals surface area contributed by atoms with Crippen molar-refractivity contribution in [1.82, 2.24) is 10.4 Å². The first kappa shape index (κ1) is 15.7. The highest BCUT2D eigenvalue weighted by Gasteiger charge is 2.09. The summed E-state index contributed by atoms with van der Waals surface area (Å²) in [4.78, 5) is 14.6. The molecule has 0 fully saturated rings. The first-order valence-corrected chi connectivity index (χ1v) is 5.79. The summed E-state index contributed by atoms with van der Waals surface area (Å²) in [6, 6.07) is 6.52. The standard InChI is InChI=1S/C13H14N4O2.ClH/c1-10-14-6-7-17(10)9-13(19)16-15-8-11-2-4-12(18)5-3-11;/h2-8H,9H2,1H3,(H2,15,16,18,19);1H. The number of nitrogens with zero attached hydrogens (tertiary/aromatic N) is 2. The molecule has 1 aromatic heterocycles. The number of aromatic amines is 1. The third kappa shape index (κ3) is 4.40. The highest BCUT2D eigenvalue weighted by Crippen LogP contribution is 2.07. The molecular weight excluding hydrogens is 280 g/mol. The fourth-order valence-corrected chi connectivity index (χ4v) is 1.54. The Hall–Kier alpha value is -2.34. The van der Waals surface area contributed by atoms with Crippen LogP contribution in [0.15, 0.2) is 41.8 Å². The van der Waals surface area contributed by atoms with Crippen molar-refractivity contribution in [3.63, 3.8) is 0 Å². The number of halogens is 1. The Morgan fingerprint density at radius 2 is 2.15 bits per heavy atom. The first-order chi connectivity index (χ1) is 9.15. The van der Waals surface area contributed by atoms with Gasteiger partial charge in [0.2, 0.25) is 0 Å². The zero-order valence-electron chi connectivity index (χ0n) is 10.9. The van der Waals surface area contributed by atoms with Gasteiger partial charge in [0.15, 0.2) is 6.54 Å². The maximum atomic E-state index is 11.6. The molecule has 1 amide bonds. The van der Waals surface area contributed by atoms with Crippen LogP contribution < -0.4 is 22.4 Å². The molecule has 20 heavy (non-hydrogen) atoms. The van der Waals surface area contributed by atoms with E-state index in [0.717, 1.165) is 11.4 Å². The zero-order valence-corrected chi connectivity index (χ0v) is 11.6. The smallest absolute Gasteiger partial charge is 0.282 e. The van der Waals surface area contributed by atoms with Gasteiger partial charge < -0.3 is 17.5 Å². The number of nitrogens with one attached hydrogen (secondary N) is 2. The maximum absolute atomic E-state index is 11.6. The number of hydrogen-bond donors (Lipinski definition) is 3. The van der Waals surface area contributed by atoms with E-state index in [1.807, 2.05) is 6.92 Å². The van der Waals surface area contributed by atoms with E-state index in [9.17, 15) is 4.79 Å². The van der Waals surface area contributed by atoms with Gasteiger partial charge in [-0.2, -0.15) is 5.10 Å². The lowest BCUT2D eigenvalue weighted by Gasteiger charge is -1.98. The number of aromatic hydroxyl groups is 1. The zero-order chi connectivity index (χ0) is 13.7. The molecular formula is C13H15ClN4O2. The van der Waals surface area contributed by atoms with E-state index in [-0.39, 0.29) is 30.6 Å². The second kappa shape index (κ2) is 7.30. The Kier molecular flexibility index (Phi) is 5.74. The summed E-state index contributed by atoms with van der Waals surface area (Å²) in [6.45, 7) is 2.09. The van der Waals surface area contributed by atoms with E-state index >= 15 is 0 Å². The van der Waals surface area contributed by atoms with Gasteiger partial charge in [-0.25, -0.2) is 15.0 Å². The number of phenolic OH excluding ortho intramolecular Hbond substituents is 1. The number of aryl methyl sites for hydroxylation is 1. The SMILES string of the molecule is Cc1[nH]cc[n+]1CC(=O)NN=Cc1ccc(O)cc1.[Cl-]. The number of carbonyl (C=O) groups is 1. The topological polar surface area (TPSA) is 81.4 Å². The number of amides is 1. The van der Waals surface area contributed by atoms with Gasteiger partial charge in [0.1, 0.15) is 18.1 Å². The van der Waals surface area contributed by atoms with Gasteiger partial charge in [-0.3, -0.25) is 4.79 Å². The summed E-state index contributed by atoms with van der Waals surface area (Å²) in [7, 11) is 0. The number of benzene rings is 1. The van der Waals surface area contributed by atoms with Crippen LogP contribution in [-0.4, -0.2) is 22.2 Å². The van der Waals surface area contributed by atoms with Crippen LogP contribution in [0, 0.1) is 6.92 Å². The summed E-state index contributed by atoms with van der Waals surface area (Å²) in [5.41, 5.74) is 3.24. The van der Waals surface area contributed by atoms with E-state index in [4.69, 9.17) is 5.11 Å². The Balaban J connectivity index is 0.00000200. The number of imidazole rings is 1. The van der Waals surface area contributed by atoms with E-state index in [2.05, 4.69) is 15.5 Å². The van der Waals surface area contributed by atoms with Crippen molar-refractivity contribution in [3.8, 4) is 5.75 Å². The van der Waals surface area contributed by atoms with E-state index in [1.54, 1.807) is 41.2 Å². The van der Waals surface area contributed by atoms with Gasteiger partial charge in [-0.05, 0) is 29.8 Å². The quantitative estimate of drug-likeness (QED) is 0.330. The molecule has 6 nitrogen and oxygen atoms in total. The Bertz CT molecular complexity index is 593. The second-order valence-corrected chi connectivity index (χ2v) is 4.06. The molecule has 2 aromatic rings. The minimum absolute atomic E-state index is 0. The predicted octanol–water partition coefficient (Wildman–Crippen LogP) is -2.53. The number of carbonyl (C=O) groups excluding carboxylic acids is 1. The van der Waals surface area contributed by atoms with Crippen LogP contribution in [0.25, 0.3) is 0 Å². The van der Waals surface area contributed by atoms with Gasteiger partial charge in [-0.15, -0.1) is 0 Å². The Labute approximate surface area is 122 Å². The molecule has 1 heterocycles. The van der Waals surface area contributed by atoms with Gasteiger partial charge >= 0.3 is 0 Å². The lowest BCUT2D eigenvalue weighted by molar-refractivity contribution is -0.689. The molecule has 0 bridgehead atoms. The lowest BCUT2D eigenvalue weighted by Crippen LogP contribution is -3.00. The van der Waals surface area contributed by atoms with Crippen LogP contribution >= 0.6 is 0 Å². The summed E-state index contributed by atoms with van der Waals surface area (Å²) >= 11 is 0. The molecule has 0 unspecified atom stereocenters. The van der Waals surface area contributed by atoms with Crippen LogP contribution in [0.2, 0.25) is 0 Å². The van der Waals surface area contributed by atoms with E-state index < -0.39 is 0 Å². The highest BCUT2D eigenvalue weighted by atomic mass is 35.5. The fraction of sp³-hybridized carbons (Fsp3) is 0.154. The van der Waals surface area contributed by atoms with Crippen molar-refractivity contribution in [1.29, 1.82) is 0 Å². The molecule has 7 heteroatoms. The summed E-state index contributed by atoms with van der Waals surface area (Å²) in [5, 5.41) is 13.0. The number of aromatic nitrogens is 2. The summed E-state index contributed by atoms with van der Waals surface area (Å²) in [6.07, 6.45) is 5.08. The minimum Gasteiger partial charge on any atom is -1.00 e. The van der Waals surface area contributed by atoms with Crippen molar-refractivity contribution in [2.75, 3.05) is 0 Å². The molecule has 0 aliphatic heterocycles. The average Bonchev–Trinajstić information content (AvgIpc) is 2.78. The third-order valence-corrected chi connectivity index (χ3v) is 2.59. The Morgan fingerprint density at radius 3 is 2.75 bits per heavy atom. The van der Waals surface area contributed by atoms with Crippen LogP contribution in [0.3, 0.4) is 0 Å². The average molecular weight is 295 g/mol. The predicted molar refractivity (Wildman–Crippen MR) is 69.6 cm³/mol. The molecule has 0 radical (unpaired) electrons. The number of phenols is 1. The first-order valence-electron chi connectivity index (χ1n) is 5.79. The van der Waals surface area contributed by atoms with Crippen molar-refractivity contribution in [3.05, 3.63) is 48.0 Å². The summed E-state index contributed by atoms with van der Waals surface area (Å²) in [5.74, 6) is 0.890. The second-order valence-electron chi connectivity index (χ2n) is 4.06. The molecule has 106 valence electrons. The van der Waals surface area contributed by atoms with Crippen LogP contribution in [-0.2, 0) is 11.3 Å². The molecule has 0 atom stereocenters. The summed E-state index contributed by atoms with van der Waals surface area (Å²) < 4.78 is 1.78. The van der Waals surface area contributed by atoms with Gasteiger partial charge in [0.05, 0.1) is 6.21 Å². The number of hydrazone groups is 1. The van der Waals surface area contributed by atoms with Gasteiger partial charge in [0, 0.05) is 6.92 Å². The molecule has 0 saturated carbocycles. The van der Waals surface area contributed by atoms with Crippen molar-refractivity contribution < 1.29 is 26.9 Å². The van der Waals surface area contributed by atoms with E-state index in [0.29, 0.717) is 0 Å². The van der Waals surface area contributed by atoms with Gasteiger partial charge in [0.25, 0.3) is 11.7 Å². The largest absolute Gasteiger partial charge is 1.00 e. The molecule has 1 aromatic carbocycles. The van der Waals surface area contributed by atoms with Crippen molar-refractivity contribution in [2.24, 2.45) is 5.10 Å². The minimum atomic E-state index is -0.206. The molecule has 0 saturated heterocycles. The highest BCUT2D eigenvalue weighted by molar-refractivity contribution is 5.82. The monoisotopic (exact) mass is 294 g/mol. The maximum Gasteiger partial charge on any atom is 0.282 e. The molecule has 0 spiro atoms. The number of hydrogen-bond acceptors (Lipinski definition) is 3. The van der Waals surface area contributed by atoms with Crippen LogP contribution in [0.5, 0.6) is 5.75 Å². The molecule has 0 aliphatic carbocycles. The molecule has 3 N–H and O–H groups in total. The Morgan fingerprint density at radius 1 is 1.45 bits per heavy atom.